The average molecular weight is 300 g/mol. The van der Waals surface area contributed by atoms with Gasteiger partial charge in [-0.2, -0.15) is 0 Å². The van der Waals surface area contributed by atoms with Crippen LogP contribution in [0, 0.1) is 12.7 Å². The smallest absolute Gasteiger partial charge is 0.129 e. The van der Waals surface area contributed by atoms with E-state index in [1.807, 2.05) is 25.1 Å². The number of nitrogens with two attached hydrogens (primary N) is 1. The molecule has 1 aromatic carbocycles. The molecule has 1 aromatic heterocycles. The minimum atomic E-state index is -0.160. The highest BCUT2D eigenvalue weighted by molar-refractivity contribution is 5.38. The van der Waals surface area contributed by atoms with Crippen LogP contribution < -0.4 is 11.1 Å². The second-order valence-corrected chi connectivity index (χ2v) is 5.92. The van der Waals surface area contributed by atoms with Gasteiger partial charge in [-0.1, -0.05) is 18.2 Å². The van der Waals surface area contributed by atoms with Gasteiger partial charge in [0.25, 0.3) is 0 Å². The van der Waals surface area contributed by atoms with Crippen LogP contribution in [0.1, 0.15) is 35.8 Å². The van der Waals surface area contributed by atoms with Gasteiger partial charge in [-0.3, -0.25) is 0 Å². The zero-order valence-electron chi connectivity index (χ0n) is 12.7. The molecule has 116 valence electrons. The molecule has 0 spiro atoms. The third-order valence-electron chi connectivity index (χ3n) is 4.11. The predicted molar refractivity (Wildman–Crippen MR) is 85.3 cm³/mol. The summed E-state index contributed by atoms with van der Waals surface area (Å²) in [5.74, 6) is 1.85. The molecule has 0 amide bonds. The first-order chi connectivity index (χ1) is 10.6. The Morgan fingerprint density at radius 2 is 2.05 bits per heavy atom. The van der Waals surface area contributed by atoms with E-state index in [-0.39, 0.29) is 5.82 Å². The van der Waals surface area contributed by atoms with E-state index in [2.05, 4.69) is 15.3 Å². The molecule has 0 bridgehead atoms. The van der Waals surface area contributed by atoms with Crippen molar-refractivity contribution in [2.24, 2.45) is 5.73 Å². The molecule has 22 heavy (non-hydrogen) atoms. The molecule has 2 aromatic rings. The van der Waals surface area contributed by atoms with Crippen molar-refractivity contribution in [3.63, 3.8) is 0 Å². The third-order valence-corrected chi connectivity index (χ3v) is 4.11. The molecule has 3 N–H and O–H groups in total. The summed E-state index contributed by atoms with van der Waals surface area (Å²) >= 11 is 0. The molecule has 1 aliphatic rings. The summed E-state index contributed by atoms with van der Waals surface area (Å²) < 4.78 is 13.6. The monoisotopic (exact) mass is 300 g/mol. The van der Waals surface area contributed by atoms with Gasteiger partial charge in [-0.05, 0) is 37.8 Å². The lowest BCUT2D eigenvalue weighted by atomic mass is 9.78. The van der Waals surface area contributed by atoms with E-state index in [0.29, 0.717) is 30.5 Å². The Labute approximate surface area is 130 Å². The van der Waals surface area contributed by atoms with Crippen molar-refractivity contribution in [1.82, 2.24) is 9.97 Å². The van der Waals surface area contributed by atoms with Gasteiger partial charge in [0, 0.05) is 30.3 Å². The first kappa shape index (κ1) is 14.9. The highest BCUT2D eigenvalue weighted by Crippen LogP contribution is 2.35. The van der Waals surface area contributed by atoms with Gasteiger partial charge in [0.15, 0.2) is 0 Å². The zero-order valence-corrected chi connectivity index (χ0v) is 12.7. The maximum atomic E-state index is 13.6. The summed E-state index contributed by atoms with van der Waals surface area (Å²) in [6.07, 6.45) is 2.61. The topological polar surface area (TPSA) is 63.8 Å². The van der Waals surface area contributed by atoms with Crippen LogP contribution in [0.3, 0.4) is 0 Å². The van der Waals surface area contributed by atoms with Crippen LogP contribution >= 0.6 is 0 Å². The number of anilines is 1. The number of hydrogen-bond donors (Lipinski definition) is 2. The fourth-order valence-corrected chi connectivity index (χ4v) is 2.82. The number of aromatic nitrogens is 2. The Balaban J connectivity index is 1.61. The van der Waals surface area contributed by atoms with Crippen LogP contribution in [-0.2, 0) is 6.42 Å². The predicted octanol–water partition coefficient (Wildman–Crippen LogP) is 2.78. The van der Waals surface area contributed by atoms with E-state index in [4.69, 9.17) is 5.73 Å². The summed E-state index contributed by atoms with van der Waals surface area (Å²) in [5, 5.41) is 3.27. The SMILES string of the molecule is Cc1nc(NCCc2ccccc2F)cc(C2CC(N)C2)n1. The van der Waals surface area contributed by atoms with Crippen molar-refractivity contribution < 1.29 is 4.39 Å². The maximum Gasteiger partial charge on any atom is 0.129 e. The molecule has 0 atom stereocenters. The van der Waals surface area contributed by atoms with Gasteiger partial charge in [0.05, 0.1) is 0 Å². The van der Waals surface area contributed by atoms with Crippen molar-refractivity contribution in [2.45, 2.75) is 38.1 Å². The lowest BCUT2D eigenvalue weighted by Gasteiger charge is -2.32. The van der Waals surface area contributed by atoms with Crippen LogP contribution in [0.5, 0.6) is 0 Å². The van der Waals surface area contributed by atoms with Crippen molar-refractivity contribution >= 4 is 5.82 Å². The van der Waals surface area contributed by atoms with E-state index in [9.17, 15) is 4.39 Å². The number of benzene rings is 1. The molecule has 1 heterocycles. The van der Waals surface area contributed by atoms with Gasteiger partial charge in [0.2, 0.25) is 0 Å². The normalized spacial score (nSPS) is 20.5. The fraction of sp³-hybridized carbons (Fsp3) is 0.412. The molecule has 0 aliphatic heterocycles. The van der Waals surface area contributed by atoms with Crippen molar-refractivity contribution in [3.05, 3.63) is 53.2 Å². The molecule has 0 saturated heterocycles. The fourth-order valence-electron chi connectivity index (χ4n) is 2.82. The molecular formula is C17H21FN4. The second-order valence-electron chi connectivity index (χ2n) is 5.92. The van der Waals surface area contributed by atoms with E-state index in [0.717, 1.165) is 30.2 Å². The van der Waals surface area contributed by atoms with Crippen LogP contribution in [0.4, 0.5) is 10.2 Å². The quantitative estimate of drug-likeness (QED) is 0.891. The van der Waals surface area contributed by atoms with Crippen molar-refractivity contribution in [3.8, 4) is 0 Å². The molecular weight excluding hydrogens is 279 g/mol. The first-order valence-corrected chi connectivity index (χ1v) is 7.70. The van der Waals surface area contributed by atoms with Gasteiger partial charge in [-0.25, -0.2) is 14.4 Å². The van der Waals surface area contributed by atoms with Gasteiger partial charge in [-0.15, -0.1) is 0 Å². The third kappa shape index (κ3) is 3.42. The number of nitrogens with one attached hydrogen (secondary N) is 1. The molecule has 4 nitrogen and oxygen atoms in total. The van der Waals surface area contributed by atoms with E-state index in [1.54, 1.807) is 6.07 Å². The highest BCUT2D eigenvalue weighted by Gasteiger charge is 2.28. The van der Waals surface area contributed by atoms with Gasteiger partial charge in [0.1, 0.15) is 17.5 Å². The van der Waals surface area contributed by atoms with E-state index >= 15 is 0 Å². The largest absolute Gasteiger partial charge is 0.370 e. The summed E-state index contributed by atoms with van der Waals surface area (Å²) in [5.41, 5.74) is 7.62. The minimum Gasteiger partial charge on any atom is -0.370 e. The molecule has 5 heteroatoms. The average Bonchev–Trinajstić information content (AvgIpc) is 2.45. The number of rotatable bonds is 5. The van der Waals surface area contributed by atoms with Crippen LogP contribution in [0.2, 0.25) is 0 Å². The van der Waals surface area contributed by atoms with Gasteiger partial charge < -0.3 is 11.1 Å². The first-order valence-electron chi connectivity index (χ1n) is 7.70. The zero-order chi connectivity index (χ0) is 15.5. The Hall–Kier alpha value is -2.01. The summed E-state index contributed by atoms with van der Waals surface area (Å²) in [7, 11) is 0. The second kappa shape index (κ2) is 6.40. The molecule has 1 saturated carbocycles. The summed E-state index contributed by atoms with van der Waals surface area (Å²) in [6.45, 7) is 2.53. The highest BCUT2D eigenvalue weighted by atomic mass is 19.1. The number of halogens is 1. The van der Waals surface area contributed by atoms with Crippen LogP contribution in [0.15, 0.2) is 30.3 Å². The Bertz CT molecular complexity index is 653. The Kier molecular flexibility index (Phi) is 4.34. The summed E-state index contributed by atoms with van der Waals surface area (Å²) in [6, 6.07) is 9.15. The molecule has 1 fully saturated rings. The lowest BCUT2D eigenvalue weighted by molar-refractivity contribution is 0.344. The van der Waals surface area contributed by atoms with Gasteiger partial charge >= 0.3 is 0 Å². The maximum absolute atomic E-state index is 13.6. The molecule has 0 radical (unpaired) electrons. The number of hydrogen-bond acceptors (Lipinski definition) is 4. The molecule has 1 aliphatic carbocycles. The standard InChI is InChI=1S/C17H21FN4/c1-11-21-16(13-8-14(19)9-13)10-17(22-11)20-7-6-12-4-2-3-5-15(12)18/h2-5,10,13-14H,6-9,19H2,1H3,(H,20,21,22). The lowest BCUT2D eigenvalue weighted by Crippen LogP contribution is -2.35. The van der Waals surface area contributed by atoms with E-state index < -0.39 is 0 Å². The van der Waals surface area contributed by atoms with Crippen LogP contribution in [-0.4, -0.2) is 22.6 Å². The van der Waals surface area contributed by atoms with Crippen molar-refractivity contribution in [2.75, 3.05) is 11.9 Å². The minimum absolute atomic E-state index is 0.160. The Morgan fingerprint density at radius 1 is 1.27 bits per heavy atom. The summed E-state index contributed by atoms with van der Waals surface area (Å²) in [4.78, 5) is 8.90. The number of nitrogens with zero attached hydrogens (tertiary/aromatic N) is 2. The number of aryl methyl sites for hydroxylation is 1. The van der Waals surface area contributed by atoms with E-state index in [1.165, 1.54) is 6.07 Å². The van der Waals surface area contributed by atoms with Crippen molar-refractivity contribution in [1.29, 1.82) is 0 Å². The molecule has 0 unspecified atom stereocenters. The molecule has 3 rings (SSSR count). The Morgan fingerprint density at radius 3 is 2.77 bits per heavy atom. The van der Waals surface area contributed by atoms with Crippen LogP contribution in [0.25, 0.3) is 0 Å².